The molecule has 0 heterocycles. The van der Waals surface area contributed by atoms with Gasteiger partial charge in [0.2, 0.25) is 0 Å². The summed E-state index contributed by atoms with van der Waals surface area (Å²) in [5, 5.41) is 4.61. The zero-order valence-corrected chi connectivity index (χ0v) is 14.3. The van der Waals surface area contributed by atoms with Crippen LogP contribution in [0, 0.1) is 12.8 Å². The van der Waals surface area contributed by atoms with Crippen LogP contribution in [0.15, 0.2) is 24.3 Å². The molecule has 0 unspecified atom stereocenters. The number of carbonyl (C=O) groups is 3. The first-order chi connectivity index (χ1) is 11.4. The van der Waals surface area contributed by atoms with Gasteiger partial charge in [-0.2, -0.15) is 0 Å². The van der Waals surface area contributed by atoms with Crippen LogP contribution in [-0.4, -0.2) is 37.7 Å². The van der Waals surface area contributed by atoms with Gasteiger partial charge < -0.3 is 14.8 Å². The van der Waals surface area contributed by atoms with E-state index in [1.54, 1.807) is 0 Å². The molecule has 0 saturated carbocycles. The van der Waals surface area contributed by atoms with Gasteiger partial charge in [0.1, 0.15) is 5.75 Å². The van der Waals surface area contributed by atoms with E-state index in [-0.39, 0.29) is 18.9 Å². The van der Waals surface area contributed by atoms with Crippen LogP contribution in [0.1, 0.15) is 25.8 Å². The second-order valence-electron chi connectivity index (χ2n) is 5.68. The van der Waals surface area contributed by atoms with Crippen molar-refractivity contribution in [1.29, 1.82) is 0 Å². The third kappa shape index (κ3) is 8.17. The Morgan fingerprint density at radius 1 is 1.17 bits per heavy atom. The first-order valence-corrected chi connectivity index (χ1v) is 7.80. The van der Waals surface area contributed by atoms with E-state index in [1.807, 2.05) is 45.0 Å². The van der Waals surface area contributed by atoms with Crippen molar-refractivity contribution in [1.82, 2.24) is 10.6 Å². The molecule has 1 aromatic carbocycles. The van der Waals surface area contributed by atoms with Crippen molar-refractivity contribution < 1.29 is 23.9 Å². The minimum absolute atomic E-state index is 0.0150. The van der Waals surface area contributed by atoms with Crippen molar-refractivity contribution in [2.75, 3.05) is 19.8 Å². The molecule has 132 valence electrons. The van der Waals surface area contributed by atoms with Gasteiger partial charge in [-0.3, -0.25) is 14.9 Å². The Labute approximate surface area is 141 Å². The molecule has 2 N–H and O–H groups in total. The zero-order chi connectivity index (χ0) is 17.9. The highest BCUT2D eigenvalue weighted by Crippen LogP contribution is 2.16. The number of esters is 1. The van der Waals surface area contributed by atoms with Gasteiger partial charge in [-0.1, -0.05) is 32.0 Å². The van der Waals surface area contributed by atoms with E-state index in [9.17, 15) is 14.4 Å². The molecule has 0 radical (unpaired) electrons. The monoisotopic (exact) mass is 336 g/mol. The van der Waals surface area contributed by atoms with Crippen LogP contribution in [0.4, 0.5) is 4.79 Å². The van der Waals surface area contributed by atoms with E-state index in [0.717, 1.165) is 5.56 Å². The maximum absolute atomic E-state index is 11.5. The molecule has 0 aromatic heterocycles. The number of ether oxygens (including phenoxy) is 2. The Kier molecular flexibility index (Phi) is 8.32. The SMILES string of the molecule is Cc1ccccc1OCCC(=O)OCC(=O)NC(=O)NCC(C)C. The first kappa shape index (κ1) is 19.5. The fraction of sp³-hybridized carbons (Fsp3) is 0.471. The maximum atomic E-state index is 11.5. The number of nitrogens with one attached hydrogen (secondary N) is 2. The van der Waals surface area contributed by atoms with Gasteiger partial charge in [0, 0.05) is 6.54 Å². The molecule has 0 saturated heterocycles. The Balaban J connectivity index is 2.18. The lowest BCUT2D eigenvalue weighted by atomic mass is 10.2. The van der Waals surface area contributed by atoms with E-state index >= 15 is 0 Å². The number of urea groups is 1. The Hall–Kier alpha value is -2.57. The first-order valence-electron chi connectivity index (χ1n) is 7.80. The molecule has 3 amide bonds. The summed E-state index contributed by atoms with van der Waals surface area (Å²) in [6.45, 7) is 5.88. The minimum Gasteiger partial charge on any atom is -0.493 e. The number of benzene rings is 1. The van der Waals surface area contributed by atoms with Gasteiger partial charge >= 0.3 is 12.0 Å². The molecule has 0 atom stereocenters. The lowest BCUT2D eigenvalue weighted by molar-refractivity contribution is -0.148. The van der Waals surface area contributed by atoms with Gasteiger partial charge in [0.25, 0.3) is 5.91 Å². The highest BCUT2D eigenvalue weighted by molar-refractivity contribution is 5.95. The highest BCUT2D eigenvalue weighted by atomic mass is 16.5. The predicted octanol–water partition coefficient (Wildman–Crippen LogP) is 1.79. The third-order valence-corrected chi connectivity index (χ3v) is 2.95. The number of hydrogen-bond acceptors (Lipinski definition) is 5. The normalized spacial score (nSPS) is 10.2. The standard InChI is InChI=1S/C17H24N2O5/c1-12(2)10-18-17(22)19-15(20)11-24-16(21)8-9-23-14-7-5-4-6-13(14)3/h4-7,12H,8-11H2,1-3H3,(H2,18,19,20,22). The minimum atomic E-state index is -0.676. The fourth-order valence-electron chi connectivity index (χ4n) is 1.68. The Bertz CT molecular complexity index is 572. The summed E-state index contributed by atoms with van der Waals surface area (Å²) in [6.07, 6.45) is 0.0150. The molecule has 0 aliphatic rings. The van der Waals surface area contributed by atoms with E-state index < -0.39 is 24.5 Å². The molecule has 7 heteroatoms. The van der Waals surface area contributed by atoms with Crippen LogP contribution in [-0.2, 0) is 14.3 Å². The van der Waals surface area contributed by atoms with Gasteiger partial charge in [-0.05, 0) is 24.5 Å². The summed E-state index contributed by atoms with van der Waals surface area (Å²) in [4.78, 5) is 34.4. The predicted molar refractivity (Wildman–Crippen MR) is 88.6 cm³/mol. The average Bonchev–Trinajstić information content (AvgIpc) is 2.53. The number of rotatable bonds is 8. The summed E-state index contributed by atoms with van der Waals surface area (Å²) in [5.74, 6) is -0.271. The van der Waals surface area contributed by atoms with Crippen LogP contribution in [0.5, 0.6) is 5.75 Å². The number of imide groups is 1. The van der Waals surface area contributed by atoms with Crippen LogP contribution in [0.25, 0.3) is 0 Å². The number of para-hydroxylation sites is 1. The van der Waals surface area contributed by atoms with Crippen molar-refractivity contribution in [2.45, 2.75) is 27.2 Å². The largest absolute Gasteiger partial charge is 0.493 e. The third-order valence-electron chi connectivity index (χ3n) is 2.95. The lowest BCUT2D eigenvalue weighted by Gasteiger charge is -2.10. The molecular weight excluding hydrogens is 312 g/mol. The number of carbonyl (C=O) groups excluding carboxylic acids is 3. The number of amides is 3. The van der Waals surface area contributed by atoms with Crippen molar-refractivity contribution in [3.8, 4) is 5.75 Å². The van der Waals surface area contributed by atoms with Crippen LogP contribution in [0.3, 0.4) is 0 Å². The lowest BCUT2D eigenvalue weighted by Crippen LogP contribution is -2.42. The zero-order valence-electron chi connectivity index (χ0n) is 14.3. The molecule has 1 rings (SSSR count). The van der Waals surface area contributed by atoms with Crippen LogP contribution in [0.2, 0.25) is 0 Å². The molecule has 7 nitrogen and oxygen atoms in total. The smallest absolute Gasteiger partial charge is 0.321 e. The highest BCUT2D eigenvalue weighted by Gasteiger charge is 2.11. The molecule has 24 heavy (non-hydrogen) atoms. The molecule has 0 aliphatic heterocycles. The van der Waals surface area contributed by atoms with Gasteiger partial charge in [0.05, 0.1) is 13.0 Å². The summed E-state index contributed by atoms with van der Waals surface area (Å²) in [5.41, 5.74) is 0.970. The second-order valence-corrected chi connectivity index (χ2v) is 5.68. The summed E-state index contributed by atoms with van der Waals surface area (Å²) in [6, 6.07) is 6.85. The average molecular weight is 336 g/mol. The summed E-state index contributed by atoms with van der Waals surface area (Å²) < 4.78 is 10.3. The number of hydrogen-bond donors (Lipinski definition) is 2. The molecule has 1 aromatic rings. The molecular formula is C17H24N2O5. The quantitative estimate of drug-likeness (QED) is 0.706. The van der Waals surface area contributed by atoms with Crippen LogP contribution < -0.4 is 15.4 Å². The van der Waals surface area contributed by atoms with Crippen molar-refractivity contribution in [3.05, 3.63) is 29.8 Å². The van der Waals surface area contributed by atoms with Gasteiger partial charge in [0.15, 0.2) is 6.61 Å². The topological polar surface area (TPSA) is 93.7 Å². The Morgan fingerprint density at radius 3 is 2.54 bits per heavy atom. The van der Waals surface area contributed by atoms with E-state index in [1.165, 1.54) is 0 Å². The van der Waals surface area contributed by atoms with E-state index in [2.05, 4.69) is 10.6 Å². The maximum Gasteiger partial charge on any atom is 0.321 e. The summed E-state index contributed by atoms with van der Waals surface area (Å²) >= 11 is 0. The van der Waals surface area contributed by atoms with Crippen molar-refractivity contribution >= 4 is 17.9 Å². The Morgan fingerprint density at radius 2 is 1.88 bits per heavy atom. The molecule has 0 bridgehead atoms. The second kappa shape index (κ2) is 10.3. The molecule has 0 aliphatic carbocycles. The molecule has 0 fully saturated rings. The van der Waals surface area contributed by atoms with Crippen LogP contribution >= 0.6 is 0 Å². The fourth-order valence-corrected chi connectivity index (χ4v) is 1.68. The van der Waals surface area contributed by atoms with E-state index in [0.29, 0.717) is 12.3 Å². The van der Waals surface area contributed by atoms with Gasteiger partial charge in [-0.25, -0.2) is 4.79 Å². The van der Waals surface area contributed by atoms with E-state index in [4.69, 9.17) is 9.47 Å². The van der Waals surface area contributed by atoms with Crippen molar-refractivity contribution in [3.63, 3.8) is 0 Å². The summed E-state index contributed by atoms with van der Waals surface area (Å²) in [7, 11) is 0. The molecule has 0 spiro atoms. The number of aryl methyl sites for hydroxylation is 1. The van der Waals surface area contributed by atoms with Gasteiger partial charge in [-0.15, -0.1) is 0 Å². The van der Waals surface area contributed by atoms with Crippen molar-refractivity contribution in [2.24, 2.45) is 5.92 Å².